The van der Waals surface area contributed by atoms with Crippen molar-refractivity contribution in [3.05, 3.63) is 295 Å². The number of aromatic nitrogens is 16. The molecule has 4 aliphatic rings. The molecular formula is C96H93BrFN24NaO10. The predicted octanol–water partition coefficient (Wildman–Crippen LogP) is 10.2. The second-order valence-electron chi connectivity index (χ2n) is 29.3. The fourth-order valence-electron chi connectivity index (χ4n) is 14.8. The summed E-state index contributed by atoms with van der Waals surface area (Å²) >= 11 is 3.44. The normalized spacial score (nSPS) is 13.4. The van der Waals surface area contributed by atoms with E-state index >= 15 is 0 Å². The minimum atomic E-state index is -1.00. The van der Waals surface area contributed by atoms with Gasteiger partial charge in [0.05, 0.1) is 89.1 Å². The molecule has 0 radical (unpaired) electrons. The number of nitrogens with zero attached hydrogens (tertiary/aromatic N) is 23. The molecule has 37 heteroatoms. The summed E-state index contributed by atoms with van der Waals surface area (Å²) in [7, 11) is 2.73. The standard InChI is InChI=1S/C24H22N6O2.2C23H20N6O2.C16H11BrN2O2.C8H12N4.CH3F.CH4O.Na.H2O/c1-32-23(31)18-8-9-19-20(16-18)28-22(21(27-19)17-6-3-2-4-7-17)29-12-14-30(15-13-29)24-25-10-5-11-26-24;2*30-22(31)17-7-8-18-19(15-17)27-21(20(26-18)16-5-2-1-3-6-16)28-11-13-29(14-12-28)23-24-9-4-10-25-23;1-21-16(20)11-7-8-12-13(9-11)19-15(17)14(18-12)10-5-3-2-4-6-10;1-2-10-8(11-3-1)12-6-4-9-5-7-12;2*1-2;;/h2-11,16H,12-15H2,1H3;2*1-10,15H,11-14H2,(H,30,31);2-9H,1H3;1-3,9H,4-7H2;1H3;2H,1H3;;1H2/q;;;;;;;+1;/p-1/i;;;;;1D;;;. The monoisotopic (exact) mass is 1860 g/mol. The van der Waals surface area contributed by atoms with E-state index in [0.717, 1.165) is 209 Å². The van der Waals surface area contributed by atoms with Crippen molar-refractivity contribution in [2.45, 2.75) is 0 Å². The van der Waals surface area contributed by atoms with E-state index in [4.69, 9.17) is 45.9 Å². The number of aromatic carboxylic acids is 2. The first-order valence-corrected chi connectivity index (χ1v) is 42.6. The van der Waals surface area contributed by atoms with Gasteiger partial charge >= 0.3 is 53.4 Å². The molecular weight excluding hydrogens is 1770 g/mol. The molecule has 0 saturated carbocycles. The molecule has 133 heavy (non-hydrogen) atoms. The smallest absolute Gasteiger partial charge is 0.870 e. The molecule has 4 aliphatic heterocycles. The number of carboxylic acid groups (broad SMARTS) is 2. The molecule has 0 unspecified atom stereocenters. The molecule has 20 rings (SSSR count). The second-order valence-corrected chi connectivity index (χ2v) is 30.0. The Morgan fingerprint density at radius 3 is 0.835 bits per heavy atom. The van der Waals surface area contributed by atoms with Crippen molar-refractivity contribution in [1.29, 1.82) is 0 Å². The van der Waals surface area contributed by atoms with E-state index in [1.807, 2.05) is 152 Å². The number of anilines is 7. The maximum atomic E-state index is 12.0. The number of aliphatic hydroxyl groups is 1. The number of halogens is 2. The number of hydrogen-bond acceptors (Lipinski definition) is 32. The molecule has 5 N–H and O–H groups in total. The third-order valence-electron chi connectivity index (χ3n) is 21.3. The second kappa shape index (κ2) is 48.2. The van der Waals surface area contributed by atoms with Crippen LogP contribution in [0.5, 0.6) is 0 Å². The van der Waals surface area contributed by atoms with Crippen LogP contribution in [0.4, 0.5) is 45.6 Å². The van der Waals surface area contributed by atoms with Crippen LogP contribution in [-0.4, -0.2) is 258 Å². The fraction of sp³-hybridized carbons (Fsp3) is 0.208. The first-order valence-electron chi connectivity index (χ1n) is 42.5. The average molecular weight is 1870 g/mol. The zero-order chi connectivity index (χ0) is 92.1. The van der Waals surface area contributed by atoms with Gasteiger partial charge in [-0.3, -0.25) is 4.39 Å². The maximum absolute atomic E-state index is 12.0. The van der Waals surface area contributed by atoms with Crippen LogP contribution in [0.1, 0.15) is 42.8 Å². The molecule has 8 aromatic carbocycles. The molecule has 4 fully saturated rings. The minimum absolute atomic E-state index is 0. The number of alkyl halides is 1. The van der Waals surface area contributed by atoms with Crippen molar-refractivity contribution in [3.63, 3.8) is 0 Å². The van der Waals surface area contributed by atoms with E-state index in [0.29, 0.717) is 48.8 Å². The van der Waals surface area contributed by atoms with Crippen LogP contribution >= 0.6 is 15.9 Å². The summed E-state index contributed by atoms with van der Waals surface area (Å²) in [4.78, 5) is 135. The third kappa shape index (κ3) is 24.7. The quantitative estimate of drug-likeness (QED) is 0.0547. The van der Waals surface area contributed by atoms with Crippen LogP contribution in [0.15, 0.2) is 273 Å². The number of carboxylic acids is 2. The molecule has 16 aromatic rings. The van der Waals surface area contributed by atoms with Crippen molar-refractivity contribution in [3.8, 4) is 45.0 Å². The molecule has 12 heterocycles. The molecule has 0 amide bonds. The van der Waals surface area contributed by atoms with Crippen LogP contribution in [0.25, 0.3) is 89.2 Å². The zero-order valence-electron chi connectivity index (χ0n) is 74.2. The first kappa shape index (κ1) is 95.8. The van der Waals surface area contributed by atoms with Gasteiger partial charge in [0, 0.05) is 184 Å². The van der Waals surface area contributed by atoms with Gasteiger partial charge in [-0.1, -0.05) is 121 Å². The van der Waals surface area contributed by atoms with Gasteiger partial charge in [-0.25, -0.2) is 98.9 Å². The van der Waals surface area contributed by atoms with E-state index in [9.17, 15) is 33.8 Å². The predicted molar refractivity (Wildman–Crippen MR) is 508 cm³/mol. The Morgan fingerprint density at radius 2 is 0.564 bits per heavy atom. The number of rotatable bonds is 15. The van der Waals surface area contributed by atoms with E-state index < -0.39 is 19.1 Å². The van der Waals surface area contributed by atoms with E-state index in [1.54, 1.807) is 116 Å². The van der Waals surface area contributed by atoms with Crippen molar-refractivity contribution in [1.82, 2.24) is 85.1 Å². The summed E-state index contributed by atoms with van der Waals surface area (Å²) < 4.78 is 25.7. The Morgan fingerprint density at radius 1 is 0.331 bits per heavy atom. The van der Waals surface area contributed by atoms with Crippen LogP contribution in [0, 0.1) is 0 Å². The van der Waals surface area contributed by atoms with Gasteiger partial charge in [-0.05, 0) is 113 Å². The van der Waals surface area contributed by atoms with Crippen LogP contribution in [-0.2, 0) is 9.47 Å². The number of hydrogen-bond donors (Lipinski definition) is 4. The number of carbonyl (C=O) groups is 4. The topological polar surface area (TPSA) is 418 Å². The number of benzene rings is 8. The average Bonchev–Trinajstić information content (AvgIpc) is 0.782. The number of nitrogens with one attached hydrogen (secondary N) is 1. The van der Waals surface area contributed by atoms with E-state index in [-0.39, 0.29) is 58.1 Å². The number of methoxy groups -OCH3 is 2. The molecule has 0 bridgehead atoms. The van der Waals surface area contributed by atoms with Crippen molar-refractivity contribution in [2.75, 3.05) is 167 Å². The van der Waals surface area contributed by atoms with E-state index in [1.165, 1.54) is 14.2 Å². The molecule has 4 saturated heterocycles. The Bertz CT molecular complexity index is 6340. The van der Waals surface area contributed by atoms with Crippen molar-refractivity contribution >= 4 is 125 Å². The number of fused-ring (bicyclic) bond motifs is 4. The molecule has 0 atom stereocenters. The largest absolute Gasteiger partial charge is 1.00 e. The number of esters is 2. The summed E-state index contributed by atoms with van der Waals surface area (Å²) in [5.74, 6) is 2.62. The molecule has 8 aromatic heterocycles. The van der Waals surface area contributed by atoms with Crippen molar-refractivity contribution < 1.29 is 84.8 Å². The summed E-state index contributed by atoms with van der Waals surface area (Å²) in [5, 5.41) is 29.0. The molecule has 34 nitrogen and oxygen atoms in total. The van der Waals surface area contributed by atoms with Gasteiger partial charge in [0.25, 0.3) is 0 Å². The number of piperazine rings is 4. The summed E-state index contributed by atoms with van der Waals surface area (Å²) in [6.07, 6.45) is 14.1. The number of aliphatic hydroxyl groups excluding tert-OH is 1. The van der Waals surface area contributed by atoms with Crippen LogP contribution < -0.4 is 69.2 Å². The fourth-order valence-corrected chi connectivity index (χ4v) is 15.3. The Balaban J connectivity index is 0.000000152. The van der Waals surface area contributed by atoms with Gasteiger partial charge in [-0.2, -0.15) is 0 Å². The Kier molecular flexibility index (Phi) is 34.7. The molecule has 0 spiro atoms. The summed E-state index contributed by atoms with van der Waals surface area (Å²) in [6.45, 7) is 13.1. The first-order chi connectivity index (χ1) is 64.7. The van der Waals surface area contributed by atoms with Crippen molar-refractivity contribution in [2.24, 2.45) is 0 Å². The Hall–Kier alpha value is -14.8. The SMILES string of the molecule is CO.COC(=O)c1ccc2nc(-c3ccccc3)c(Br)nc2c1.COC(=O)c1ccc2nc(-c3ccccc3)c(N3CCN(c4ncccn4)CC3)nc2c1.O=C(O)c1ccc2nc(-c3ccccc3)c(N3CCN(c4ncccn4)CC3)nc2c1.O=C(O)c1ccc2nc(-c3ccccc3)c(N3CCN(c4ncccn4)CC3)nc2c1.[2H]CF.[Na+].[OH-].c1cnc(N2CCNCC2)nc1. The van der Waals surface area contributed by atoms with Gasteiger partial charge in [0.1, 0.15) is 27.4 Å². The maximum Gasteiger partial charge on any atom is 1.00 e. The van der Waals surface area contributed by atoms with Gasteiger partial charge in [0.2, 0.25) is 23.8 Å². The van der Waals surface area contributed by atoms with E-state index in [2.05, 4.69) is 105 Å². The summed E-state index contributed by atoms with van der Waals surface area (Å²) in [5.41, 5.74) is 13.7. The molecule has 0 aliphatic carbocycles. The summed E-state index contributed by atoms with van der Waals surface area (Å²) in [6, 6.07) is 67.1. The minimum Gasteiger partial charge on any atom is -0.870 e. The van der Waals surface area contributed by atoms with Crippen LogP contribution in [0.3, 0.4) is 0 Å². The number of carbonyl (C=O) groups excluding carboxylic acids is 2. The van der Waals surface area contributed by atoms with Gasteiger partial charge in [0.15, 0.2) is 17.5 Å². The third-order valence-corrected chi connectivity index (χ3v) is 21.8. The van der Waals surface area contributed by atoms with Crippen LogP contribution in [0.2, 0.25) is 0 Å². The van der Waals surface area contributed by atoms with Gasteiger partial charge < -0.3 is 69.9 Å². The zero-order valence-corrected chi connectivity index (χ0v) is 76.8. The number of ether oxygens (including phenoxy) is 2. The molecule has 672 valence electrons. The van der Waals surface area contributed by atoms with Gasteiger partial charge in [-0.15, -0.1) is 0 Å². The Labute approximate surface area is 797 Å².